The van der Waals surface area contributed by atoms with Gasteiger partial charge in [-0.2, -0.15) is 0 Å². The van der Waals surface area contributed by atoms with Crippen LogP contribution in [-0.2, 0) is 0 Å². The second-order valence-electron chi connectivity index (χ2n) is 2.17. The van der Waals surface area contributed by atoms with Gasteiger partial charge in [-0.25, -0.2) is 0 Å². The van der Waals surface area contributed by atoms with Gasteiger partial charge in [0.2, 0.25) is 0 Å². The van der Waals surface area contributed by atoms with Gasteiger partial charge in [-0.05, 0) is 12.1 Å². The summed E-state index contributed by atoms with van der Waals surface area (Å²) in [7, 11) is 0. The average Bonchev–Trinajstić information content (AvgIpc) is 2.16. The maximum Gasteiger partial charge on any atom is 0.384 e. The van der Waals surface area contributed by atoms with Crippen LogP contribution in [0.15, 0.2) is 43.0 Å². The predicted molar refractivity (Wildman–Crippen MR) is 45.3 cm³/mol. The first-order chi connectivity index (χ1) is 5.86. The van der Waals surface area contributed by atoms with Crippen molar-refractivity contribution in [3.63, 3.8) is 0 Å². The van der Waals surface area contributed by atoms with Crippen LogP contribution in [0.2, 0.25) is 0 Å². The molecule has 1 atom stereocenters. The molecule has 0 aromatic heterocycles. The fourth-order valence-electron chi connectivity index (χ4n) is 0.757. The molecule has 12 heavy (non-hydrogen) atoms. The standard InChI is InChI=1S/C9H9N2O/c1-2-9(11-10)12-8-6-4-3-5-7-8/h2-7,9H,1H2/q+1. The van der Waals surface area contributed by atoms with E-state index >= 15 is 0 Å². The van der Waals surface area contributed by atoms with E-state index < -0.39 is 6.23 Å². The molecule has 0 aliphatic heterocycles. The maximum atomic E-state index is 8.42. The molecule has 60 valence electrons. The van der Waals surface area contributed by atoms with Crippen molar-refractivity contribution in [2.24, 2.45) is 0 Å². The van der Waals surface area contributed by atoms with E-state index in [0.29, 0.717) is 5.75 Å². The molecule has 0 amide bonds. The Morgan fingerprint density at radius 1 is 1.42 bits per heavy atom. The largest absolute Gasteiger partial charge is 0.429 e. The molecule has 4 radical (unpaired) electrons. The Morgan fingerprint density at radius 2 is 2.08 bits per heavy atom. The molecule has 3 nitrogen and oxygen atoms in total. The highest BCUT2D eigenvalue weighted by atomic mass is 16.5. The number of hydrogen-bond acceptors (Lipinski definition) is 1. The molecule has 1 rings (SSSR count). The van der Waals surface area contributed by atoms with Gasteiger partial charge in [0.05, 0.1) is 0 Å². The SMILES string of the molecule is C=CC([N+][N])Oc1ccccc1. The van der Waals surface area contributed by atoms with E-state index in [4.69, 9.17) is 10.6 Å². The molecule has 0 spiro atoms. The molecular weight excluding hydrogens is 152 g/mol. The van der Waals surface area contributed by atoms with Crippen molar-refractivity contribution in [2.75, 3.05) is 0 Å². The third kappa shape index (κ3) is 2.38. The van der Waals surface area contributed by atoms with Crippen LogP contribution in [0.25, 0.3) is 0 Å². The van der Waals surface area contributed by atoms with E-state index in [9.17, 15) is 0 Å². The van der Waals surface area contributed by atoms with Gasteiger partial charge in [-0.15, -0.1) is 0 Å². The van der Waals surface area contributed by atoms with Gasteiger partial charge in [0, 0.05) is 6.08 Å². The van der Waals surface area contributed by atoms with Crippen molar-refractivity contribution in [1.29, 1.82) is 0 Å². The quantitative estimate of drug-likeness (QED) is 0.483. The van der Waals surface area contributed by atoms with Crippen molar-refractivity contribution in [3.05, 3.63) is 43.0 Å². The molecule has 0 bridgehead atoms. The zero-order valence-electron chi connectivity index (χ0n) is 6.55. The normalized spacial score (nSPS) is 12.1. The first kappa shape index (κ1) is 8.77. The van der Waals surface area contributed by atoms with Crippen molar-refractivity contribution in [3.8, 4) is 5.75 Å². The lowest BCUT2D eigenvalue weighted by Gasteiger charge is -2.01. The molecule has 1 unspecified atom stereocenters. The van der Waals surface area contributed by atoms with E-state index in [1.165, 1.54) is 6.08 Å². The van der Waals surface area contributed by atoms with Gasteiger partial charge in [0.1, 0.15) is 5.75 Å². The molecule has 1 aromatic rings. The number of nitrogens with zero attached hydrogens (tertiary/aromatic N) is 2. The minimum absolute atomic E-state index is 0.653. The van der Waals surface area contributed by atoms with Gasteiger partial charge < -0.3 is 4.74 Å². The van der Waals surface area contributed by atoms with E-state index in [1.807, 2.05) is 18.2 Å². The summed E-state index contributed by atoms with van der Waals surface area (Å²) in [4.78, 5) is 0. The molecule has 0 heterocycles. The molecule has 0 fully saturated rings. The minimum Gasteiger partial charge on any atom is -0.429 e. The first-order valence-corrected chi connectivity index (χ1v) is 3.55. The predicted octanol–water partition coefficient (Wildman–Crippen LogP) is 1.17. The van der Waals surface area contributed by atoms with Gasteiger partial charge in [-0.3, -0.25) is 0 Å². The fourth-order valence-corrected chi connectivity index (χ4v) is 0.757. The lowest BCUT2D eigenvalue weighted by Crippen LogP contribution is -2.24. The second kappa shape index (κ2) is 4.54. The summed E-state index contributed by atoms with van der Waals surface area (Å²) in [5.41, 5.74) is 2.96. The van der Waals surface area contributed by atoms with Crippen molar-refractivity contribution in [2.45, 2.75) is 6.23 Å². The van der Waals surface area contributed by atoms with Crippen LogP contribution < -0.4 is 16.0 Å². The molecule has 1 aromatic carbocycles. The van der Waals surface area contributed by atoms with Crippen LogP contribution in [0.4, 0.5) is 0 Å². The summed E-state index contributed by atoms with van der Waals surface area (Å²) in [5, 5.41) is 0. The third-order valence-electron chi connectivity index (χ3n) is 1.32. The zero-order valence-corrected chi connectivity index (χ0v) is 6.55. The summed E-state index contributed by atoms with van der Waals surface area (Å²) in [6.45, 7) is 3.45. The van der Waals surface area contributed by atoms with Gasteiger partial charge >= 0.3 is 6.23 Å². The topological polar surface area (TPSA) is 45.6 Å². The molecule has 0 saturated carbocycles. The second-order valence-corrected chi connectivity index (χ2v) is 2.17. The Labute approximate surface area is 71.8 Å². The minimum atomic E-state index is -0.688. The van der Waals surface area contributed by atoms with E-state index in [0.717, 1.165) is 0 Å². The van der Waals surface area contributed by atoms with Gasteiger partial charge in [0.15, 0.2) is 0 Å². The van der Waals surface area contributed by atoms with Crippen molar-refractivity contribution >= 4 is 0 Å². The molecule has 0 N–H and O–H groups in total. The Balaban J connectivity index is 2.56. The molecular formula is C9H9N2O+. The fraction of sp³-hybridized carbons (Fsp3) is 0.111. The third-order valence-corrected chi connectivity index (χ3v) is 1.32. The lowest BCUT2D eigenvalue weighted by molar-refractivity contribution is 0.204. The van der Waals surface area contributed by atoms with Crippen molar-refractivity contribution < 1.29 is 4.74 Å². The van der Waals surface area contributed by atoms with Crippen LogP contribution in [0.3, 0.4) is 0 Å². The van der Waals surface area contributed by atoms with Crippen LogP contribution >= 0.6 is 0 Å². The summed E-state index contributed by atoms with van der Waals surface area (Å²) in [6, 6.07) is 9.12. The molecule has 3 heteroatoms. The van der Waals surface area contributed by atoms with Crippen LogP contribution in [0, 0.1) is 0 Å². The Kier molecular flexibility index (Phi) is 3.32. The summed E-state index contributed by atoms with van der Waals surface area (Å²) < 4.78 is 5.18. The summed E-state index contributed by atoms with van der Waals surface area (Å²) in [5.74, 6) is 9.07. The monoisotopic (exact) mass is 161 g/mol. The number of para-hydroxylation sites is 1. The highest BCUT2D eigenvalue weighted by Crippen LogP contribution is 2.09. The lowest BCUT2D eigenvalue weighted by atomic mass is 10.3. The smallest absolute Gasteiger partial charge is 0.384 e. The number of ether oxygens (including phenoxy) is 1. The van der Waals surface area contributed by atoms with Crippen LogP contribution in [0.5, 0.6) is 5.75 Å². The molecule has 0 aliphatic carbocycles. The van der Waals surface area contributed by atoms with E-state index in [-0.39, 0.29) is 0 Å². The highest BCUT2D eigenvalue weighted by molar-refractivity contribution is 5.21. The highest BCUT2D eigenvalue weighted by Gasteiger charge is 2.18. The zero-order chi connectivity index (χ0) is 8.81. The molecule has 0 saturated heterocycles. The van der Waals surface area contributed by atoms with Crippen LogP contribution in [-0.4, -0.2) is 6.23 Å². The summed E-state index contributed by atoms with van der Waals surface area (Å²) >= 11 is 0. The van der Waals surface area contributed by atoms with E-state index in [1.54, 1.807) is 12.1 Å². The first-order valence-electron chi connectivity index (χ1n) is 3.55. The Bertz CT molecular complexity index is 236. The van der Waals surface area contributed by atoms with Gasteiger partial charge in [-0.1, -0.05) is 24.8 Å². The Hall–Kier alpha value is -1.32. The van der Waals surface area contributed by atoms with Crippen LogP contribution in [0.1, 0.15) is 0 Å². The number of benzene rings is 1. The average molecular weight is 161 g/mol. The van der Waals surface area contributed by atoms with Crippen molar-refractivity contribution in [1.82, 2.24) is 11.3 Å². The Morgan fingerprint density at radius 3 is 2.58 bits per heavy atom. The summed E-state index contributed by atoms with van der Waals surface area (Å²) in [6.07, 6.45) is 0.722. The van der Waals surface area contributed by atoms with Gasteiger partial charge in [0.25, 0.3) is 11.3 Å². The number of hydrogen-bond donors (Lipinski definition) is 0. The number of rotatable bonds is 4. The molecule has 0 aliphatic rings. The maximum absolute atomic E-state index is 8.42. The van der Waals surface area contributed by atoms with E-state index in [2.05, 4.69) is 12.0 Å².